The number of pyridine rings is 1. The van der Waals surface area contributed by atoms with Gasteiger partial charge in [0.05, 0.1) is 33.1 Å². The second-order valence-corrected chi connectivity index (χ2v) is 8.98. The zero-order valence-electron chi connectivity index (χ0n) is 19.2. The summed E-state index contributed by atoms with van der Waals surface area (Å²) in [5.41, 5.74) is 8.65. The van der Waals surface area contributed by atoms with Gasteiger partial charge in [0.15, 0.2) is 11.5 Å². The number of imidazole rings is 1. The van der Waals surface area contributed by atoms with Crippen molar-refractivity contribution in [3.63, 3.8) is 0 Å². The van der Waals surface area contributed by atoms with Gasteiger partial charge in [0, 0.05) is 22.5 Å². The molecule has 36 heavy (non-hydrogen) atoms. The van der Waals surface area contributed by atoms with Crippen molar-refractivity contribution < 1.29 is 0 Å². The Labute approximate surface area is 205 Å². The number of nitrogens with zero attached hydrogens (tertiary/aromatic N) is 5. The molecule has 168 valence electrons. The summed E-state index contributed by atoms with van der Waals surface area (Å²) in [5, 5.41) is 2.30. The van der Waals surface area contributed by atoms with Gasteiger partial charge in [-0.25, -0.2) is 15.0 Å². The standard InChI is InChI=1S/C31H19N5/c1-2-10-20(11-3-1)28-30(33-24-14-6-5-13-23(24)32-28)36-26-16-8-4-12-21(26)22-18-19-35-27-17-9-7-15-25(27)34-31(35)29(22)36/h1-19H. The molecular formula is C31H19N5. The summed E-state index contributed by atoms with van der Waals surface area (Å²) < 4.78 is 4.41. The van der Waals surface area contributed by atoms with E-state index in [-0.39, 0.29) is 0 Å². The Balaban J connectivity index is 1.61. The predicted molar refractivity (Wildman–Crippen MR) is 146 cm³/mol. The van der Waals surface area contributed by atoms with Gasteiger partial charge in [0.2, 0.25) is 0 Å². The Bertz CT molecular complexity index is 2100. The van der Waals surface area contributed by atoms with Crippen LogP contribution in [0.2, 0.25) is 0 Å². The summed E-state index contributed by atoms with van der Waals surface area (Å²) >= 11 is 0. The van der Waals surface area contributed by atoms with Crippen LogP contribution in [0.3, 0.4) is 0 Å². The van der Waals surface area contributed by atoms with E-state index in [0.717, 1.165) is 66.6 Å². The topological polar surface area (TPSA) is 48.0 Å². The van der Waals surface area contributed by atoms with E-state index in [4.69, 9.17) is 15.0 Å². The molecule has 0 aliphatic rings. The molecule has 0 aliphatic heterocycles. The van der Waals surface area contributed by atoms with Gasteiger partial charge in [-0.05, 0) is 36.4 Å². The van der Waals surface area contributed by atoms with Crippen LogP contribution in [0.1, 0.15) is 0 Å². The molecule has 0 saturated carbocycles. The fraction of sp³-hybridized carbons (Fsp3) is 0. The average molecular weight is 462 g/mol. The van der Waals surface area contributed by atoms with Crippen LogP contribution in [0.5, 0.6) is 0 Å². The van der Waals surface area contributed by atoms with Crippen LogP contribution in [0.15, 0.2) is 115 Å². The van der Waals surface area contributed by atoms with E-state index in [1.54, 1.807) is 0 Å². The van der Waals surface area contributed by atoms with Crippen molar-refractivity contribution in [3.05, 3.63) is 115 Å². The number of rotatable bonds is 2. The minimum Gasteiger partial charge on any atom is -0.298 e. The van der Waals surface area contributed by atoms with Crippen molar-refractivity contribution in [1.29, 1.82) is 0 Å². The second-order valence-electron chi connectivity index (χ2n) is 8.98. The summed E-state index contributed by atoms with van der Waals surface area (Å²) in [5.74, 6) is 0.797. The molecule has 0 saturated heterocycles. The second kappa shape index (κ2) is 7.23. The Kier molecular flexibility index (Phi) is 3.88. The third-order valence-corrected chi connectivity index (χ3v) is 6.92. The summed E-state index contributed by atoms with van der Waals surface area (Å²) in [6.45, 7) is 0. The SMILES string of the molecule is c1ccc(-c2nc3ccccc3nc2-n2c3ccccc3c3ccn4c5ccccc5nc4c32)cc1. The quantitative estimate of drug-likeness (QED) is 0.274. The zero-order chi connectivity index (χ0) is 23.6. The van der Waals surface area contributed by atoms with Crippen molar-refractivity contribution in [2.45, 2.75) is 0 Å². The molecule has 5 nitrogen and oxygen atoms in total. The Morgan fingerprint density at radius 2 is 1.17 bits per heavy atom. The summed E-state index contributed by atoms with van der Waals surface area (Å²) in [6.07, 6.45) is 2.12. The summed E-state index contributed by atoms with van der Waals surface area (Å²) in [7, 11) is 0. The van der Waals surface area contributed by atoms with Gasteiger partial charge in [0.25, 0.3) is 0 Å². The van der Waals surface area contributed by atoms with Crippen LogP contribution >= 0.6 is 0 Å². The molecule has 0 bridgehead atoms. The van der Waals surface area contributed by atoms with E-state index in [1.165, 1.54) is 0 Å². The van der Waals surface area contributed by atoms with Gasteiger partial charge in [-0.1, -0.05) is 72.8 Å². The monoisotopic (exact) mass is 461 g/mol. The predicted octanol–water partition coefficient (Wildman–Crippen LogP) is 7.19. The molecular weight excluding hydrogens is 442 g/mol. The molecule has 0 N–H and O–H groups in total. The molecule has 5 heteroatoms. The van der Waals surface area contributed by atoms with Crippen LogP contribution < -0.4 is 0 Å². The van der Waals surface area contributed by atoms with Gasteiger partial charge in [-0.3, -0.25) is 8.97 Å². The molecule has 0 unspecified atom stereocenters. The van der Waals surface area contributed by atoms with Crippen molar-refractivity contribution in [1.82, 2.24) is 23.9 Å². The third-order valence-electron chi connectivity index (χ3n) is 6.92. The van der Waals surface area contributed by atoms with Crippen LogP contribution in [-0.2, 0) is 0 Å². The number of para-hydroxylation sites is 5. The Morgan fingerprint density at radius 1 is 0.500 bits per heavy atom. The Morgan fingerprint density at radius 3 is 2.00 bits per heavy atom. The normalized spacial score (nSPS) is 11.9. The van der Waals surface area contributed by atoms with E-state index in [1.807, 2.05) is 48.5 Å². The third kappa shape index (κ3) is 2.62. The average Bonchev–Trinajstić information content (AvgIpc) is 3.49. The van der Waals surface area contributed by atoms with Gasteiger partial charge in [-0.2, -0.15) is 0 Å². The summed E-state index contributed by atoms with van der Waals surface area (Å²) in [6, 6.07) is 37.3. The molecule has 0 aliphatic carbocycles. The number of benzene rings is 4. The highest BCUT2D eigenvalue weighted by Gasteiger charge is 2.22. The minimum atomic E-state index is 0.797. The van der Waals surface area contributed by atoms with Crippen molar-refractivity contribution in [2.75, 3.05) is 0 Å². The fourth-order valence-corrected chi connectivity index (χ4v) is 5.32. The molecule has 4 aromatic heterocycles. The molecule has 0 radical (unpaired) electrons. The number of hydrogen-bond donors (Lipinski definition) is 0. The highest BCUT2D eigenvalue weighted by atomic mass is 15.1. The van der Waals surface area contributed by atoms with Gasteiger partial charge < -0.3 is 0 Å². The Hall–Kier alpha value is -5.03. The lowest BCUT2D eigenvalue weighted by Crippen LogP contribution is -2.04. The summed E-state index contributed by atoms with van der Waals surface area (Å²) in [4.78, 5) is 15.4. The maximum absolute atomic E-state index is 5.22. The maximum Gasteiger partial charge on any atom is 0.165 e. The fourth-order valence-electron chi connectivity index (χ4n) is 5.32. The van der Waals surface area contributed by atoms with Gasteiger partial charge in [-0.15, -0.1) is 0 Å². The van der Waals surface area contributed by atoms with E-state index in [0.29, 0.717) is 0 Å². The first-order valence-corrected chi connectivity index (χ1v) is 12.0. The van der Waals surface area contributed by atoms with Crippen LogP contribution in [0.25, 0.3) is 66.6 Å². The lowest BCUT2D eigenvalue weighted by Gasteiger charge is -2.14. The van der Waals surface area contributed by atoms with E-state index in [9.17, 15) is 0 Å². The lowest BCUT2D eigenvalue weighted by atomic mass is 10.1. The van der Waals surface area contributed by atoms with Crippen molar-refractivity contribution in [2.24, 2.45) is 0 Å². The van der Waals surface area contributed by atoms with Crippen LogP contribution in [0, 0.1) is 0 Å². The molecule has 0 amide bonds. The largest absolute Gasteiger partial charge is 0.298 e. The number of hydrogen-bond acceptors (Lipinski definition) is 3. The lowest BCUT2D eigenvalue weighted by molar-refractivity contribution is 1.07. The highest BCUT2D eigenvalue weighted by molar-refractivity contribution is 6.14. The van der Waals surface area contributed by atoms with Gasteiger partial charge >= 0.3 is 0 Å². The smallest absolute Gasteiger partial charge is 0.165 e. The molecule has 0 fully saturated rings. The van der Waals surface area contributed by atoms with Crippen molar-refractivity contribution in [3.8, 4) is 17.1 Å². The first kappa shape index (κ1) is 19.3. The first-order valence-electron chi connectivity index (χ1n) is 12.0. The van der Waals surface area contributed by atoms with Crippen LogP contribution in [0.4, 0.5) is 0 Å². The van der Waals surface area contributed by atoms with E-state index >= 15 is 0 Å². The number of fused-ring (bicyclic) bond motifs is 8. The minimum absolute atomic E-state index is 0.797. The molecule has 4 heterocycles. The molecule has 0 atom stereocenters. The zero-order valence-corrected chi connectivity index (χ0v) is 19.2. The van der Waals surface area contributed by atoms with Gasteiger partial charge in [0.1, 0.15) is 5.69 Å². The molecule has 8 rings (SSSR count). The highest BCUT2D eigenvalue weighted by Crippen LogP contribution is 2.37. The van der Waals surface area contributed by atoms with Crippen molar-refractivity contribution >= 4 is 49.5 Å². The number of aromatic nitrogens is 5. The molecule has 4 aromatic carbocycles. The van der Waals surface area contributed by atoms with Crippen LogP contribution in [-0.4, -0.2) is 23.9 Å². The maximum atomic E-state index is 5.22. The molecule has 8 aromatic rings. The van der Waals surface area contributed by atoms with E-state index in [2.05, 4.69) is 75.8 Å². The first-order chi connectivity index (χ1) is 17.9. The molecule has 0 spiro atoms. The van der Waals surface area contributed by atoms with E-state index < -0.39 is 0 Å².